The first-order chi connectivity index (χ1) is 11.0. The summed E-state index contributed by atoms with van der Waals surface area (Å²) in [5.74, 6) is -1.25. The van der Waals surface area contributed by atoms with E-state index in [4.69, 9.17) is 0 Å². The van der Waals surface area contributed by atoms with Crippen molar-refractivity contribution in [2.45, 2.75) is 26.3 Å². The number of aromatic amines is 1. The maximum atomic E-state index is 12.4. The van der Waals surface area contributed by atoms with Crippen LogP contribution in [0.25, 0.3) is 10.9 Å². The number of nitrogens with zero attached hydrogens (tertiary/aromatic N) is 1. The first kappa shape index (κ1) is 15.0. The minimum atomic E-state index is -0.845. The van der Waals surface area contributed by atoms with Crippen LogP contribution >= 0.6 is 0 Å². The van der Waals surface area contributed by atoms with Gasteiger partial charge in [-0.3, -0.25) is 19.3 Å². The van der Waals surface area contributed by atoms with E-state index >= 15 is 0 Å². The highest BCUT2D eigenvalue weighted by Gasteiger charge is 2.39. The van der Waals surface area contributed by atoms with Crippen LogP contribution in [-0.4, -0.2) is 33.6 Å². The summed E-state index contributed by atoms with van der Waals surface area (Å²) in [5.41, 5.74) is 1.98. The van der Waals surface area contributed by atoms with E-state index in [1.54, 1.807) is 6.92 Å². The molecule has 3 rings (SSSR count). The summed E-state index contributed by atoms with van der Waals surface area (Å²) in [6, 6.07) is 6.86. The molecular weight excluding hydrogens is 294 g/mol. The van der Waals surface area contributed by atoms with E-state index < -0.39 is 17.9 Å². The molecule has 0 radical (unpaired) electrons. The SMILES string of the molecule is C/C=C1\NC(=O)C(Cc2c[nH]c3ccccc23)N(C(C)=O)C1=O. The topological polar surface area (TPSA) is 82.3 Å². The van der Waals surface area contributed by atoms with Crippen LogP contribution in [0.5, 0.6) is 0 Å². The number of para-hydroxylation sites is 1. The molecule has 118 valence electrons. The van der Waals surface area contributed by atoms with Crippen LogP contribution in [0.2, 0.25) is 0 Å². The van der Waals surface area contributed by atoms with Crippen LogP contribution in [0.15, 0.2) is 42.2 Å². The molecule has 0 spiro atoms. The van der Waals surface area contributed by atoms with Crippen LogP contribution in [0.3, 0.4) is 0 Å². The molecular formula is C17H17N3O3. The predicted octanol–water partition coefficient (Wildman–Crippen LogP) is 1.49. The highest BCUT2D eigenvalue weighted by atomic mass is 16.2. The number of hydrogen-bond acceptors (Lipinski definition) is 3. The molecule has 1 aliphatic heterocycles. The van der Waals surface area contributed by atoms with Gasteiger partial charge in [0.1, 0.15) is 11.7 Å². The zero-order valence-corrected chi connectivity index (χ0v) is 12.9. The lowest BCUT2D eigenvalue weighted by atomic mass is 10.0. The number of allylic oxidation sites excluding steroid dienone is 1. The normalized spacial score (nSPS) is 20.2. The van der Waals surface area contributed by atoms with Gasteiger partial charge in [0.05, 0.1) is 0 Å². The molecule has 6 nitrogen and oxygen atoms in total. The van der Waals surface area contributed by atoms with Crippen LogP contribution < -0.4 is 5.32 Å². The van der Waals surface area contributed by atoms with Crippen molar-refractivity contribution in [3.8, 4) is 0 Å². The fraction of sp³-hybridized carbons (Fsp3) is 0.235. The second-order valence-electron chi connectivity index (χ2n) is 5.47. The Balaban J connectivity index is 1.98. The van der Waals surface area contributed by atoms with Crippen molar-refractivity contribution < 1.29 is 14.4 Å². The Bertz CT molecular complexity index is 834. The van der Waals surface area contributed by atoms with Gasteiger partial charge in [0.15, 0.2) is 0 Å². The van der Waals surface area contributed by atoms with E-state index in [1.807, 2.05) is 30.5 Å². The Hall–Kier alpha value is -2.89. The van der Waals surface area contributed by atoms with Gasteiger partial charge in [0, 0.05) is 30.4 Å². The summed E-state index contributed by atoms with van der Waals surface area (Å²) in [6.07, 6.45) is 3.59. The zero-order valence-electron chi connectivity index (χ0n) is 12.9. The summed E-state index contributed by atoms with van der Waals surface area (Å²) in [5, 5.41) is 3.56. The number of rotatable bonds is 2. The lowest BCUT2D eigenvalue weighted by Gasteiger charge is -2.33. The lowest BCUT2D eigenvalue weighted by molar-refractivity contribution is -0.152. The molecule has 1 aromatic heterocycles. The number of aromatic nitrogens is 1. The monoisotopic (exact) mass is 311 g/mol. The minimum Gasteiger partial charge on any atom is -0.361 e. The van der Waals surface area contributed by atoms with E-state index in [0.29, 0.717) is 0 Å². The quantitative estimate of drug-likeness (QED) is 0.824. The van der Waals surface area contributed by atoms with Gasteiger partial charge < -0.3 is 10.3 Å². The van der Waals surface area contributed by atoms with Gasteiger partial charge in [-0.1, -0.05) is 24.3 Å². The Kier molecular flexibility index (Phi) is 3.73. The molecule has 0 bridgehead atoms. The lowest BCUT2D eigenvalue weighted by Crippen LogP contribution is -2.59. The summed E-state index contributed by atoms with van der Waals surface area (Å²) < 4.78 is 0. The summed E-state index contributed by atoms with van der Waals surface area (Å²) in [6.45, 7) is 2.94. The molecule has 23 heavy (non-hydrogen) atoms. The average molecular weight is 311 g/mol. The fourth-order valence-corrected chi connectivity index (χ4v) is 2.91. The number of piperazine rings is 1. The number of benzene rings is 1. The van der Waals surface area contributed by atoms with Crippen LogP contribution in [0.4, 0.5) is 0 Å². The van der Waals surface area contributed by atoms with Crippen molar-refractivity contribution in [1.82, 2.24) is 15.2 Å². The van der Waals surface area contributed by atoms with Crippen molar-refractivity contribution in [2.24, 2.45) is 0 Å². The maximum Gasteiger partial charge on any atom is 0.277 e. The minimum absolute atomic E-state index is 0.139. The molecule has 6 heteroatoms. The first-order valence-corrected chi connectivity index (χ1v) is 7.39. The van der Waals surface area contributed by atoms with E-state index in [-0.39, 0.29) is 18.0 Å². The van der Waals surface area contributed by atoms with E-state index in [0.717, 1.165) is 21.4 Å². The van der Waals surface area contributed by atoms with E-state index in [1.165, 1.54) is 13.0 Å². The van der Waals surface area contributed by atoms with Crippen LogP contribution in [0.1, 0.15) is 19.4 Å². The molecule has 1 aromatic carbocycles. The number of imide groups is 1. The van der Waals surface area contributed by atoms with Gasteiger partial charge in [0.25, 0.3) is 5.91 Å². The van der Waals surface area contributed by atoms with Gasteiger partial charge in [-0.2, -0.15) is 0 Å². The van der Waals surface area contributed by atoms with E-state index in [2.05, 4.69) is 10.3 Å². The molecule has 1 saturated heterocycles. The summed E-state index contributed by atoms with van der Waals surface area (Å²) in [4.78, 5) is 40.8. The number of carbonyl (C=O) groups is 3. The number of fused-ring (bicyclic) bond motifs is 1. The predicted molar refractivity (Wildman–Crippen MR) is 85.2 cm³/mol. The molecule has 1 unspecified atom stereocenters. The molecule has 0 saturated carbocycles. The van der Waals surface area contributed by atoms with Crippen molar-refractivity contribution in [1.29, 1.82) is 0 Å². The van der Waals surface area contributed by atoms with Crippen LogP contribution in [0, 0.1) is 0 Å². The van der Waals surface area contributed by atoms with Gasteiger partial charge in [-0.05, 0) is 18.6 Å². The Morgan fingerprint density at radius 2 is 2.04 bits per heavy atom. The third-order valence-corrected chi connectivity index (χ3v) is 4.04. The highest BCUT2D eigenvalue weighted by molar-refractivity contribution is 6.12. The van der Waals surface area contributed by atoms with Gasteiger partial charge in [-0.25, -0.2) is 0 Å². The van der Waals surface area contributed by atoms with Gasteiger partial charge >= 0.3 is 0 Å². The van der Waals surface area contributed by atoms with E-state index in [9.17, 15) is 14.4 Å². The third kappa shape index (κ3) is 2.52. The summed E-state index contributed by atoms with van der Waals surface area (Å²) >= 11 is 0. The number of H-pyrrole nitrogens is 1. The van der Waals surface area contributed by atoms with Gasteiger partial charge in [0.2, 0.25) is 11.8 Å². The molecule has 3 amide bonds. The van der Waals surface area contributed by atoms with Crippen molar-refractivity contribution in [3.63, 3.8) is 0 Å². The average Bonchev–Trinajstić information content (AvgIpc) is 2.93. The highest BCUT2D eigenvalue weighted by Crippen LogP contribution is 2.23. The smallest absolute Gasteiger partial charge is 0.277 e. The molecule has 2 heterocycles. The Morgan fingerprint density at radius 1 is 1.30 bits per heavy atom. The first-order valence-electron chi connectivity index (χ1n) is 7.39. The second-order valence-corrected chi connectivity index (χ2v) is 5.47. The van der Waals surface area contributed by atoms with Crippen molar-refractivity contribution >= 4 is 28.6 Å². The number of nitrogens with one attached hydrogen (secondary N) is 2. The molecule has 1 fully saturated rings. The standard InChI is InChI=1S/C17H17N3O3/c1-3-13-17(23)20(10(2)21)15(16(22)19-13)8-11-9-18-14-7-5-4-6-12(11)14/h3-7,9,15,18H,8H2,1-2H3,(H,19,22)/b13-3-. The largest absolute Gasteiger partial charge is 0.361 e. The molecule has 1 aliphatic rings. The molecule has 1 atom stereocenters. The van der Waals surface area contributed by atoms with Crippen molar-refractivity contribution in [2.75, 3.05) is 0 Å². The maximum absolute atomic E-state index is 12.4. The summed E-state index contributed by atoms with van der Waals surface area (Å²) in [7, 11) is 0. The molecule has 2 N–H and O–H groups in total. The number of carbonyl (C=O) groups excluding carboxylic acids is 3. The van der Waals surface area contributed by atoms with Crippen LogP contribution in [-0.2, 0) is 20.8 Å². The number of hydrogen-bond donors (Lipinski definition) is 2. The number of amides is 3. The zero-order chi connectivity index (χ0) is 16.6. The fourth-order valence-electron chi connectivity index (χ4n) is 2.91. The second kappa shape index (κ2) is 5.72. The van der Waals surface area contributed by atoms with Crippen molar-refractivity contribution in [3.05, 3.63) is 47.8 Å². The molecule has 0 aliphatic carbocycles. The van der Waals surface area contributed by atoms with Gasteiger partial charge in [-0.15, -0.1) is 0 Å². The Morgan fingerprint density at radius 3 is 2.74 bits per heavy atom. The molecule has 2 aromatic rings. The third-order valence-electron chi connectivity index (χ3n) is 4.04. The Labute approximate surface area is 133 Å².